The lowest BCUT2D eigenvalue weighted by molar-refractivity contribution is -0.137. The third kappa shape index (κ3) is 4.00. The standard InChI is InChI=1S/C20H18F3N3O2/c1-12-17(25-19(28-12)13-7-5-4-6-8-13)18(27)24-15-11-14(20(21,22)23)9-10-16(15)26(2)3/h4-11H,1-3H3,(H,24,27). The van der Waals surface area contributed by atoms with Gasteiger partial charge in [0.2, 0.25) is 5.89 Å². The fourth-order valence-electron chi connectivity index (χ4n) is 2.70. The van der Waals surface area contributed by atoms with Crippen molar-refractivity contribution in [2.24, 2.45) is 0 Å². The van der Waals surface area contributed by atoms with Gasteiger partial charge in [-0.25, -0.2) is 4.98 Å². The average molecular weight is 389 g/mol. The van der Waals surface area contributed by atoms with Gasteiger partial charge >= 0.3 is 6.18 Å². The van der Waals surface area contributed by atoms with Gasteiger partial charge in [-0.2, -0.15) is 13.2 Å². The predicted molar refractivity (Wildman–Crippen MR) is 100 cm³/mol. The molecule has 3 rings (SSSR count). The zero-order valence-electron chi connectivity index (χ0n) is 15.5. The molecule has 0 aliphatic heterocycles. The van der Waals surface area contributed by atoms with Gasteiger partial charge in [0.15, 0.2) is 5.69 Å². The highest BCUT2D eigenvalue weighted by Crippen LogP contribution is 2.35. The highest BCUT2D eigenvalue weighted by atomic mass is 19.4. The SMILES string of the molecule is Cc1oc(-c2ccccc2)nc1C(=O)Nc1cc(C(F)(F)F)ccc1N(C)C. The quantitative estimate of drug-likeness (QED) is 0.683. The smallest absolute Gasteiger partial charge is 0.416 e. The molecule has 0 spiro atoms. The molecule has 1 amide bonds. The normalized spacial score (nSPS) is 11.4. The molecule has 28 heavy (non-hydrogen) atoms. The Morgan fingerprint density at radius 2 is 1.79 bits per heavy atom. The molecule has 3 aromatic rings. The Bertz CT molecular complexity index is 996. The summed E-state index contributed by atoms with van der Waals surface area (Å²) < 4.78 is 44.7. The van der Waals surface area contributed by atoms with Crippen molar-refractivity contribution in [2.75, 3.05) is 24.3 Å². The van der Waals surface area contributed by atoms with Gasteiger partial charge in [0.05, 0.1) is 16.9 Å². The summed E-state index contributed by atoms with van der Waals surface area (Å²) in [5.41, 5.74) is 0.327. The summed E-state index contributed by atoms with van der Waals surface area (Å²) >= 11 is 0. The highest BCUT2D eigenvalue weighted by molar-refractivity contribution is 6.05. The van der Waals surface area contributed by atoms with Crippen LogP contribution in [0.3, 0.4) is 0 Å². The molecule has 0 atom stereocenters. The Morgan fingerprint density at radius 1 is 1.11 bits per heavy atom. The summed E-state index contributed by atoms with van der Waals surface area (Å²) in [7, 11) is 3.35. The van der Waals surface area contributed by atoms with Crippen LogP contribution in [0.4, 0.5) is 24.5 Å². The topological polar surface area (TPSA) is 58.4 Å². The van der Waals surface area contributed by atoms with Crippen molar-refractivity contribution in [1.29, 1.82) is 0 Å². The van der Waals surface area contributed by atoms with Gasteiger partial charge in [-0.15, -0.1) is 0 Å². The lowest BCUT2D eigenvalue weighted by Gasteiger charge is -2.19. The van der Waals surface area contributed by atoms with E-state index in [0.29, 0.717) is 11.3 Å². The molecule has 5 nitrogen and oxygen atoms in total. The molecule has 146 valence electrons. The molecule has 1 heterocycles. The van der Waals surface area contributed by atoms with Crippen molar-refractivity contribution in [3.63, 3.8) is 0 Å². The number of carbonyl (C=O) groups is 1. The van der Waals surface area contributed by atoms with Gasteiger partial charge in [-0.3, -0.25) is 4.79 Å². The van der Waals surface area contributed by atoms with Crippen molar-refractivity contribution in [1.82, 2.24) is 4.98 Å². The number of anilines is 2. The molecule has 0 bridgehead atoms. The first kappa shape index (κ1) is 19.5. The van der Waals surface area contributed by atoms with Crippen LogP contribution in [-0.4, -0.2) is 25.0 Å². The van der Waals surface area contributed by atoms with Crippen LogP contribution in [0.5, 0.6) is 0 Å². The van der Waals surface area contributed by atoms with E-state index in [1.54, 1.807) is 50.2 Å². The van der Waals surface area contributed by atoms with Crippen LogP contribution in [-0.2, 0) is 6.18 Å². The molecule has 2 aromatic carbocycles. The summed E-state index contributed by atoms with van der Waals surface area (Å²) in [5, 5.41) is 2.52. The van der Waals surface area contributed by atoms with Crippen LogP contribution < -0.4 is 10.2 Å². The summed E-state index contributed by atoms with van der Waals surface area (Å²) in [4.78, 5) is 18.5. The summed E-state index contributed by atoms with van der Waals surface area (Å²) in [6, 6.07) is 12.2. The van der Waals surface area contributed by atoms with E-state index in [0.717, 1.165) is 12.1 Å². The first-order chi connectivity index (χ1) is 13.2. The van der Waals surface area contributed by atoms with Gasteiger partial charge in [0.25, 0.3) is 5.91 Å². The maximum absolute atomic E-state index is 13.1. The third-order valence-corrected chi connectivity index (χ3v) is 4.09. The molecular weight excluding hydrogens is 371 g/mol. The molecule has 0 aliphatic carbocycles. The first-order valence-corrected chi connectivity index (χ1v) is 8.39. The lowest BCUT2D eigenvalue weighted by Crippen LogP contribution is -2.18. The van der Waals surface area contributed by atoms with Crippen LogP contribution in [0.2, 0.25) is 0 Å². The summed E-state index contributed by atoms with van der Waals surface area (Å²) in [6.45, 7) is 1.58. The van der Waals surface area contributed by atoms with Gasteiger partial charge in [-0.05, 0) is 37.3 Å². The minimum Gasteiger partial charge on any atom is -0.441 e. The van der Waals surface area contributed by atoms with Gasteiger partial charge in [0.1, 0.15) is 5.76 Å². The van der Waals surface area contributed by atoms with Crippen LogP contribution >= 0.6 is 0 Å². The number of aryl methyl sites for hydroxylation is 1. The number of aromatic nitrogens is 1. The molecule has 1 aromatic heterocycles. The number of oxazole rings is 1. The molecule has 1 N–H and O–H groups in total. The van der Waals surface area contributed by atoms with Gasteiger partial charge in [0, 0.05) is 19.7 Å². The zero-order chi connectivity index (χ0) is 20.5. The van der Waals surface area contributed by atoms with E-state index in [1.165, 1.54) is 6.07 Å². The number of alkyl halides is 3. The third-order valence-electron chi connectivity index (χ3n) is 4.09. The van der Waals surface area contributed by atoms with E-state index in [1.807, 2.05) is 6.07 Å². The molecule has 8 heteroatoms. The molecule has 0 fully saturated rings. The molecule has 0 unspecified atom stereocenters. The van der Waals surface area contributed by atoms with E-state index in [9.17, 15) is 18.0 Å². The number of nitrogens with one attached hydrogen (secondary N) is 1. The van der Waals surface area contributed by atoms with Crippen LogP contribution in [0, 0.1) is 6.92 Å². The molecule has 0 radical (unpaired) electrons. The largest absolute Gasteiger partial charge is 0.441 e. The van der Waals surface area contributed by atoms with Crippen LogP contribution in [0.1, 0.15) is 21.8 Å². The van der Waals surface area contributed by atoms with E-state index in [-0.39, 0.29) is 23.0 Å². The Kier molecular flexibility index (Phi) is 5.13. The first-order valence-electron chi connectivity index (χ1n) is 8.39. The Balaban J connectivity index is 1.94. The number of carbonyl (C=O) groups excluding carboxylic acids is 1. The van der Waals surface area contributed by atoms with Crippen molar-refractivity contribution in [3.05, 3.63) is 65.5 Å². The second-order valence-electron chi connectivity index (χ2n) is 6.37. The Hall–Kier alpha value is -3.29. The maximum Gasteiger partial charge on any atom is 0.416 e. The Labute approximate surface area is 159 Å². The number of rotatable bonds is 4. The monoisotopic (exact) mass is 389 g/mol. The average Bonchev–Trinajstić information content (AvgIpc) is 3.03. The summed E-state index contributed by atoms with van der Waals surface area (Å²) in [6.07, 6.45) is -4.52. The second kappa shape index (κ2) is 7.38. The maximum atomic E-state index is 13.1. The number of amides is 1. The number of hydrogen-bond acceptors (Lipinski definition) is 4. The fourth-order valence-corrected chi connectivity index (χ4v) is 2.70. The van der Waals surface area contributed by atoms with E-state index in [2.05, 4.69) is 10.3 Å². The second-order valence-corrected chi connectivity index (χ2v) is 6.37. The minimum atomic E-state index is -4.52. The van der Waals surface area contributed by atoms with Crippen LogP contribution in [0.15, 0.2) is 52.9 Å². The van der Waals surface area contributed by atoms with Crippen molar-refractivity contribution >= 4 is 17.3 Å². The van der Waals surface area contributed by atoms with Crippen molar-refractivity contribution in [2.45, 2.75) is 13.1 Å². The number of benzene rings is 2. The van der Waals surface area contributed by atoms with Gasteiger partial charge < -0.3 is 14.6 Å². The summed E-state index contributed by atoms with van der Waals surface area (Å²) in [5.74, 6) is -0.110. The number of hydrogen-bond donors (Lipinski definition) is 1. The van der Waals surface area contributed by atoms with Crippen molar-refractivity contribution in [3.8, 4) is 11.5 Å². The predicted octanol–water partition coefficient (Wildman–Crippen LogP) is 4.99. The minimum absolute atomic E-state index is 0.0148. The van der Waals surface area contributed by atoms with Crippen molar-refractivity contribution < 1.29 is 22.4 Å². The lowest BCUT2D eigenvalue weighted by atomic mass is 10.1. The van der Waals surface area contributed by atoms with Gasteiger partial charge in [-0.1, -0.05) is 18.2 Å². The highest BCUT2D eigenvalue weighted by Gasteiger charge is 2.31. The van der Waals surface area contributed by atoms with E-state index in [4.69, 9.17) is 4.42 Å². The number of nitrogens with zero attached hydrogens (tertiary/aromatic N) is 2. The molecule has 0 saturated carbocycles. The Morgan fingerprint density at radius 3 is 2.39 bits per heavy atom. The zero-order valence-corrected chi connectivity index (χ0v) is 15.5. The van der Waals surface area contributed by atoms with E-state index < -0.39 is 17.6 Å². The fraction of sp³-hybridized carbons (Fsp3) is 0.200. The molecule has 0 aliphatic rings. The number of halogens is 3. The molecular formula is C20H18F3N3O2. The van der Waals surface area contributed by atoms with E-state index >= 15 is 0 Å². The van der Waals surface area contributed by atoms with Crippen LogP contribution in [0.25, 0.3) is 11.5 Å². The molecule has 0 saturated heterocycles.